The zero-order chi connectivity index (χ0) is 19.4. The van der Waals surface area contributed by atoms with Crippen molar-refractivity contribution in [3.05, 3.63) is 54.1 Å². The highest BCUT2D eigenvalue weighted by molar-refractivity contribution is 5.48. The van der Waals surface area contributed by atoms with Crippen molar-refractivity contribution in [2.45, 2.75) is 58.1 Å². The van der Waals surface area contributed by atoms with Gasteiger partial charge in [-0.05, 0) is 49.6 Å². The molecular weight excluding hydrogens is 350 g/mol. The topological polar surface area (TPSA) is 39.7 Å². The van der Waals surface area contributed by atoms with Gasteiger partial charge in [0.25, 0.3) is 0 Å². The van der Waals surface area contributed by atoms with Crippen molar-refractivity contribution in [3.63, 3.8) is 0 Å². The Morgan fingerprint density at radius 1 is 1.00 bits per heavy atom. The van der Waals surface area contributed by atoms with Gasteiger partial charge in [0.15, 0.2) is 0 Å². The van der Waals surface area contributed by atoms with Crippen molar-refractivity contribution in [1.82, 2.24) is 0 Å². The summed E-state index contributed by atoms with van der Waals surface area (Å²) >= 11 is 0. The number of hydrogen-bond acceptors (Lipinski definition) is 4. The normalized spacial score (nSPS) is 16.1. The number of unbranched alkanes of at least 4 members (excludes halogenated alkanes) is 3. The number of nitrogens with one attached hydrogen (secondary N) is 1. The largest absolute Gasteiger partial charge is 0.493 e. The third-order valence-corrected chi connectivity index (χ3v) is 5.03. The first-order valence-electron chi connectivity index (χ1n) is 10.6. The lowest BCUT2D eigenvalue weighted by molar-refractivity contribution is 0.0679. The van der Waals surface area contributed by atoms with E-state index in [2.05, 4.69) is 42.6 Å². The summed E-state index contributed by atoms with van der Waals surface area (Å²) in [7, 11) is 0. The minimum atomic E-state index is 0.247. The van der Waals surface area contributed by atoms with Gasteiger partial charge in [0.1, 0.15) is 18.1 Å². The third-order valence-electron chi connectivity index (χ3n) is 5.03. The van der Waals surface area contributed by atoms with E-state index in [-0.39, 0.29) is 6.10 Å². The molecule has 0 amide bonds. The minimum absolute atomic E-state index is 0.247. The first-order chi connectivity index (χ1) is 13.8. The Balaban J connectivity index is 1.44. The van der Waals surface area contributed by atoms with Crippen LogP contribution < -0.4 is 14.8 Å². The zero-order valence-electron chi connectivity index (χ0n) is 17.0. The van der Waals surface area contributed by atoms with E-state index in [0.29, 0.717) is 6.61 Å². The van der Waals surface area contributed by atoms with E-state index in [1.807, 2.05) is 18.2 Å². The molecule has 1 aliphatic heterocycles. The predicted molar refractivity (Wildman–Crippen MR) is 114 cm³/mol. The number of para-hydroxylation sites is 1. The molecule has 4 heteroatoms. The molecule has 1 saturated heterocycles. The molecule has 1 unspecified atom stereocenters. The van der Waals surface area contributed by atoms with E-state index in [0.717, 1.165) is 56.2 Å². The average molecular weight is 384 g/mol. The van der Waals surface area contributed by atoms with Crippen LogP contribution in [0.2, 0.25) is 0 Å². The molecule has 0 saturated carbocycles. The van der Waals surface area contributed by atoms with E-state index in [1.54, 1.807) is 0 Å². The summed E-state index contributed by atoms with van der Waals surface area (Å²) in [4.78, 5) is 0. The summed E-state index contributed by atoms with van der Waals surface area (Å²) in [5.74, 6) is 1.86. The van der Waals surface area contributed by atoms with Gasteiger partial charge >= 0.3 is 0 Å². The highest BCUT2D eigenvalue weighted by Crippen LogP contribution is 2.22. The lowest BCUT2D eigenvalue weighted by Gasteiger charge is -2.14. The fourth-order valence-electron chi connectivity index (χ4n) is 3.33. The van der Waals surface area contributed by atoms with Gasteiger partial charge in [-0.15, -0.1) is 0 Å². The second-order valence-electron chi connectivity index (χ2n) is 7.34. The van der Waals surface area contributed by atoms with Crippen LogP contribution in [0.3, 0.4) is 0 Å². The Labute approximate surface area is 169 Å². The quantitative estimate of drug-likeness (QED) is 0.469. The Bertz CT molecular complexity index is 681. The Morgan fingerprint density at radius 2 is 1.86 bits per heavy atom. The van der Waals surface area contributed by atoms with Gasteiger partial charge < -0.3 is 19.5 Å². The molecule has 1 fully saturated rings. The molecule has 152 valence electrons. The van der Waals surface area contributed by atoms with E-state index < -0.39 is 0 Å². The molecule has 28 heavy (non-hydrogen) atoms. The van der Waals surface area contributed by atoms with Crippen LogP contribution >= 0.6 is 0 Å². The van der Waals surface area contributed by atoms with Crippen LogP contribution in [0.4, 0.5) is 5.69 Å². The molecule has 1 heterocycles. The summed E-state index contributed by atoms with van der Waals surface area (Å²) in [5.41, 5.74) is 2.25. The number of rotatable bonds is 12. The fraction of sp³-hybridized carbons (Fsp3) is 0.500. The highest BCUT2D eigenvalue weighted by atomic mass is 16.5. The van der Waals surface area contributed by atoms with Gasteiger partial charge in [0, 0.05) is 24.4 Å². The minimum Gasteiger partial charge on any atom is -0.493 e. The van der Waals surface area contributed by atoms with Crippen molar-refractivity contribution < 1.29 is 14.2 Å². The molecule has 0 aromatic heterocycles. The Morgan fingerprint density at radius 3 is 2.64 bits per heavy atom. The second-order valence-corrected chi connectivity index (χ2v) is 7.34. The molecule has 1 N–H and O–H groups in total. The summed E-state index contributed by atoms with van der Waals surface area (Å²) in [6.07, 6.45) is 7.36. The molecule has 4 nitrogen and oxygen atoms in total. The van der Waals surface area contributed by atoms with Crippen LogP contribution in [0.25, 0.3) is 0 Å². The molecule has 1 aliphatic rings. The van der Waals surface area contributed by atoms with Crippen molar-refractivity contribution in [1.29, 1.82) is 0 Å². The van der Waals surface area contributed by atoms with Gasteiger partial charge in [-0.1, -0.05) is 44.4 Å². The molecule has 0 radical (unpaired) electrons. The number of ether oxygens (including phenoxy) is 3. The number of hydrogen-bond donors (Lipinski definition) is 1. The molecule has 3 rings (SSSR count). The molecular formula is C24H33NO3. The predicted octanol–water partition coefficient (Wildman–Crippen LogP) is 5.82. The molecule has 2 aromatic rings. The van der Waals surface area contributed by atoms with Crippen LogP contribution in [0.15, 0.2) is 48.5 Å². The maximum absolute atomic E-state index is 6.00. The standard InChI is InChI=1S/C24H33NO3/c1-2-3-4-7-16-27-24-11-6-5-9-20(24)18-25-21-12-14-22(15-13-21)28-19-23-10-8-17-26-23/h5-6,9,11-15,23,25H,2-4,7-8,10,16-19H2,1H3. The smallest absolute Gasteiger partial charge is 0.124 e. The summed E-state index contributed by atoms with van der Waals surface area (Å²) < 4.78 is 17.4. The maximum Gasteiger partial charge on any atom is 0.124 e. The van der Waals surface area contributed by atoms with E-state index >= 15 is 0 Å². The van der Waals surface area contributed by atoms with Crippen molar-refractivity contribution in [3.8, 4) is 11.5 Å². The van der Waals surface area contributed by atoms with Gasteiger partial charge in [-0.25, -0.2) is 0 Å². The van der Waals surface area contributed by atoms with E-state index in [1.165, 1.54) is 24.8 Å². The van der Waals surface area contributed by atoms with Gasteiger partial charge in [0.05, 0.1) is 12.7 Å². The molecule has 2 aromatic carbocycles. The lowest BCUT2D eigenvalue weighted by atomic mass is 10.2. The van der Waals surface area contributed by atoms with Gasteiger partial charge in [-0.3, -0.25) is 0 Å². The average Bonchev–Trinajstić information content (AvgIpc) is 3.26. The molecule has 0 spiro atoms. The van der Waals surface area contributed by atoms with E-state index in [4.69, 9.17) is 14.2 Å². The van der Waals surface area contributed by atoms with Gasteiger partial charge in [-0.2, -0.15) is 0 Å². The lowest BCUT2D eigenvalue weighted by Crippen LogP contribution is -2.16. The SMILES string of the molecule is CCCCCCOc1ccccc1CNc1ccc(OCC2CCCO2)cc1. The number of benzene rings is 2. The van der Waals surface area contributed by atoms with Crippen molar-refractivity contribution >= 4 is 5.69 Å². The van der Waals surface area contributed by atoms with E-state index in [9.17, 15) is 0 Å². The summed E-state index contributed by atoms with van der Waals surface area (Å²) in [6, 6.07) is 16.4. The van der Waals surface area contributed by atoms with Crippen molar-refractivity contribution in [2.75, 3.05) is 25.1 Å². The van der Waals surface area contributed by atoms with Crippen molar-refractivity contribution in [2.24, 2.45) is 0 Å². The first-order valence-corrected chi connectivity index (χ1v) is 10.6. The fourth-order valence-corrected chi connectivity index (χ4v) is 3.33. The van der Waals surface area contributed by atoms with Crippen LogP contribution in [0, 0.1) is 0 Å². The molecule has 1 atom stereocenters. The zero-order valence-corrected chi connectivity index (χ0v) is 17.0. The third kappa shape index (κ3) is 6.75. The molecule has 0 bridgehead atoms. The van der Waals surface area contributed by atoms with Crippen LogP contribution in [-0.4, -0.2) is 25.9 Å². The Hall–Kier alpha value is -2.20. The van der Waals surface area contributed by atoms with Crippen LogP contribution in [0.5, 0.6) is 11.5 Å². The summed E-state index contributed by atoms with van der Waals surface area (Å²) in [5, 5.41) is 3.48. The highest BCUT2D eigenvalue weighted by Gasteiger charge is 2.15. The Kier molecular flexibility index (Phi) is 8.51. The van der Waals surface area contributed by atoms with Crippen LogP contribution in [-0.2, 0) is 11.3 Å². The monoisotopic (exact) mass is 383 g/mol. The summed E-state index contributed by atoms with van der Waals surface area (Å²) in [6.45, 7) is 5.25. The molecule has 0 aliphatic carbocycles. The second kappa shape index (κ2) is 11.6. The maximum atomic E-state index is 6.00. The van der Waals surface area contributed by atoms with Crippen LogP contribution in [0.1, 0.15) is 51.0 Å². The number of anilines is 1. The first kappa shape index (κ1) is 20.5. The van der Waals surface area contributed by atoms with Gasteiger partial charge in [0.2, 0.25) is 0 Å².